The zero-order valence-electron chi connectivity index (χ0n) is 15.4. The highest BCUT2D eigenvalue weighted by molar-refractivity contribution is 5.67. The van der Waals surface area contributed by atoms with Crippen LogP contribution in [0.5, 0.6) is 0 Å². The molecule has 1 saturated carbocycles. The van der Waals surface area contributed by atoms with Gasteiger partial charge < -0.3 is 4.57 Å². The Morgan fingerprint density at radius 2 is 1.54 bits per heavy atom. The third-order valence-electron chi connectivity index (χ3n) is 6.37. The predicted molar refractivity (Wildman–Crippen MR) is 105 cm³/mol. The zero-order chi connectivity index (χ0) is 17.6. The lowest BCUT2D eigenvalue weighted by atomic mass is 9.75. The number of benzene rings is 2. The molecule has 0 N–H and O–H groups in total. The van der Waals surface area contributed by atoms with Crippen LogP contribution in [0.15, 0.2) is 54.6 Å². The fourth-order valence-electron chi connectivity index (χ4n) is 5.22. The smallest absolute Gasteiger partial charge is 0.165 e. The Balaban J connectivity index is 1.80. The van der Waals surface area contributed by atoms with E-state index in [9.17, 15) is 0 Å². The summed E-state index contributed by atoms with van der Waals surface area (Å²) in [5.41, 5.74) is 3.99. The molecule has 1 aromatic heterocycles. The second-order valence-corrected chi connectivity index (χ2v) is 8.03. The maximum absolute atomic E-state index is 4.73. The highest BCUT2D eigenvalue weighted by atomic mass is 15.3. The van der Waals surface area contributed by atoms with Gasteiger partial charge in [-0.05, 0) is 30.7 Å². The molecule has 2 heterocycles. The van der Waals surface area contributed by atoms with Crippen molar-refractivity contribution in [3.05, 3.63) is 60.2 Å². The molecule has 3 heteroatoms. The summed E-state index contributed by atoms with van der Waals surface area (Å²) in [6.45, 7) is 2.39. The summed E-state index contributed by atoms with van der Waals surface area (Å²) in [4.78, 5) is 0. The Morgan fingerprint density at radius 3 is 2.35 bits per heavy atom. The Kier molecular flexibility index (Phi) is 3.70. The summed E-state index contributed by atoms with van der Waals surface area (Å²) in [5, 5.41) is 9.43. The number of hydrogen-bond donors (Lipinski definition) is 0. The topological polar surface area (TPSA) is 30.7 Å². The largest absolute Gasteiger partial charge is 0.301 e. The number of hydrogen-bond acceptors (Lipinski definition) is 2. The predicted octanol–water partition coefficient (Wildman–Crippen LogP) is 5.78. The van der Waals surface area contributed by atoms with E-state index < -0.39 is 0 Å². The van der Waals surface area contributed by atoms with Crippen molar-refractivity contribution in [2.45, 2.75) is 56.9 Å². The van der Waals surface area contributed by atoms with E-state index in [1.54, 1.807) is 0 Å². The first-order valence-corrected chi connectivity index (χ1v) is 9.89. The van der Waals surface area contributed by atoms with Crippen molar-refractivity contribution in [1.82, 2.24) is 14.8 Å². The standard InChI is InChI=1S/C23H25N3/c1-17-16-23(14-8-3-9-15-23)26-21(18-10-4-2-5-11-18)24-25-22(26)20-13-7-6-12-19(17)20/h2,4-7,10-13,17H,3,8-9,14-16H2,1H3. The molecule has 1 atom stereocenters. The van der Waals surface area contributed by atoms with Gasteiger partial charge in [0, 0.05) is 16.7 Å². The molecule has 0 amide bonds. The van der Waals surface area contributed by atoms with E-state index in [4.69, 9.17) is 10.2 Å². The Hall–Kier alpha value is -2.42. The van der Waals surface area contributed by atoms with Gasteiger partial charge in [-0.15, -0.1) is 10.2 Å². The van der Waals surface area contributed by atoms with E-state index >= 15 is 0 Å². The Bertz CT molecular complexity index is 920. The van der Waals surface area contributed by atoms with Crippen LogP contribution in [-0.4, -0.2) is 14.8 Å². The summed E-state index contributed by atoms with van der Waals surface area (Å²) < 4.78 is 2.52. The van der Waals surface area contributed by atoms with E-state index in [-0.39, 0.29) is 5.54 Å². The highest BCUT2D eigenvalue weighted by Crippen LogP contribution is 2.49. The Morgan fingerprint density at radius 1 is 0.846 bits per heavy atom. The van der Waals surface area contributed by atoms with E-state index in [1.807, 2.05) is 0 Å². The fraction of sp³-hybridized carbons (Fsp3) is 0.391. The van der Waals surface area contributed by atoms with Crippen molar-refractivity contribution in [1.29, 1.82) is 0 Å². The van der Waals surface area contributed by atoms with Gasteiger partial charge in [-0.3, -0.25) is 0 Å². The van der Waals surface area contributed by atoms with Gasteiger partial charge in [0.05, 0.1) is 0 Å². The molecule has 1 aliphatic carbocycles. The molecular weight excluding hydrogens is 318 g/mol. The third-order valence-corrected chi connectivity index (χ3v) is 6.37. The average Bonchev–Trinajstić information content (AvgIpc) is 3.12. The van der Waals surface area contributed by atoms with Gasteiger partial charge in [0.15, 0.2) is 11.6 Å². The van der Waals surface area contributed by atoms with E-state index in [1.165, 1.54) is 55.2 Å². The number of nitrogens with zero attached hydrogens (tertiary/aromatic N) is 3. The maximum Gasteiger partial charge on any atom is 0.165 e. The van der Waals surface area contributed by atoms with E-state index in [0.717, 1.165) is 11.6 Å². The maximum atomic E-state index is 4.73. The second kappa shape index (κ2) is 6.08. The number of fused-ring (bicyclic) bond motifs is 4. The minimum atomic E-state index is 0.140. The summed E-state index contributed by atoms with van der Waals surface area (Å²) >= 11 is 0. The van der Waals surface area contributed by atoms with Crippen LogP contribution in [0.3, 0.4) is 0 Å². The Labute approximate surface area is 155 Å². The van der Waals surface area contributed by atoms with Crippen LogP contribution < -0.4 is 0 Å². The highest BCUT2D eigenvalue weighted by Gasteiger charge is 2.42. The number of aromatic nitrogens is 3. The van der Waals surface area contributed by atoms with Gasteiger partial charge in [0.1, 0.15) is 0 Å². The molecule has 26 heavy (non-hydrogen) atoms. The van der Waals surface area contributed by atoms with Crippen molar-refractivity contribution in [2.75, 3.05) is 0 Å². The van der Waals surface area contributed by atoms with Crippen LogP contribution in [0.25, 0.3) is 22.8 Å². The van der Waals surface area contributed by atoms with Crippen LogP contribution in [0, 0.1) is 0 Å². The van der Waals surface area contributed by atoms with Crippen LogP contribution >= 0.6 is 0 Å². The van der Waals surface area contributed by atoms with E-state index in [0.29, 0.717) is 5.92 Å². The molecule has 5 rings (SSSR count). The second-order valence-electron chi connectivity index (χ2n) is 8.03. The molecule has 1 unspecified atom stereocenters. The van der Waals surface area contributed by atoms with Crippen molar-refractivity contribution >= 4 is 0 Å². The molecule has 3 aromatic rings. The molecule has 3 nitrogen and oxygen atoms in total. The summed E-state index contributed by atoms with van der Waals surface area (Å²) in [6, 6.07) is 19.4. The normalized spacial score (nSPS) is 21.0. The lowest BCUT2D eigenvalue weighted by molar-refractivity contribution is 0.174. The molecule has 2 aliphatic rings. The van der Waals surface area contributed by atoms with Gasteiger partial charge in [-0.25, -0.2) is 0 Å². The van der Waals surface area contributed by atoms with Crippen LogP contribution in [-0.2, 0) is 5.54 Å². The first kappa shape index (κ1) is 15.8. The van der Waals surface area contributed by atoms with Gasteiger partial charge in [0.25, 0.3) is 0 Å². The molecule has 2 aromatic carbocycles. The monoisotopic (exact) mass is 343 g/mol. The van der Waals surface area contributed by atoms with Gasteiger partial charge >= 0.3 is 0 Å². The molecular formula is C23H25N3. The van der Waals surface area contributed by atoms with Crippen molar-refractivity contribution in [3.8, 4) is 22.8 Å². The minimum absolute atomic E-state index is 0.140. The average molecular weight is 343 g/mol. The van der Waals surface area contributed by atoms with Crippen LogP contribution in [0.4, 0.5) is 0 Å². The van der Waals surface area contributed by atoms with Crippen molar-refractivity contribution in [2.24, 2.45) is 0 Å². The van der Waals surface area contributed by atoms with Gasteiger partial charge in [-0.1, -0.05) is 80.8 Å². The molecule has 0 bridgehead atoms. The third kappa shape index (κ3) is 2.33. The zero-order valence-corrected chi connectivity index (χ0v) is 15.4. The molecule has 1 spiro atoms. The summed E-state index contributed by atoms with van der Waals surface area (Å²) in [5.74, 6) is 2.63. The molecule has 0 radical (unpaired) electrons. The van der Waals surface area contributed by atoms with Gasteiger partial charge in [0.2, 0.25) is 0 Å². The van der Waals surface area contributed by atoms with Crippen LogP contribution in [0.2, 0.25) is 0 Å². The fourth-order valence-corrected chi connectivity index (χ4v) is 5.22. The van der Waals surface area contributed by atoms with Crippen LogP contribution in [0.1, 0.15) is 56.9 Å². The number of rotatable bonds is 1. The lowest BCUT2D eigenvalue weighted by Crippen LogP contribution is -2.37. The molecule has 1 aliphatic heterocycles. The summed E-state index contributed by atoms with van der Waals surface area (Å²) in [6.07, 6.45) is 7.59. The summed E-state index contributed by atoms with van der Waals surface area (Å²) in [7, 11) is 0. The molecule has 0 saturated heterocycles. The van der Waals surface area contributed by atoms with Crippen molar-refractivity contribution < 1.29 is 0 Å². The minimum Gasteiger partial charge on any atom is -0.301 e. The van der Waals surface area contributed by atoms with Crippen molar-refractivity contribution in [3.63, 3.8) is 0 Å². The molecule has 132 valence electrons. The lowest BCUT2D eigenvalue weighted by Gasteiger charge is -2.40. The SMILES string of the molecule is CC1CC2(CCCCC2)n2c(-c3ccccc3)nnc2-c2ccccc21. The quantitative estimate of drug-likeness (QED) is 0.561. The first-order chi connectivity index (χ1) is 12.8. The van der Waals surface area contributed by atoms with E-state index in [2.05, 4.69) is 66.1 Å². The first-order valence-electron chi connectivity index (χ1n) is 9.89. The van der Waals surface area contributed by atoms with Gasteiger partial charge in [-0.2, -0.15) is 0 Å². The molecule has 1 fully saturated rings.